The van der Waals surface area contributed by atoms with Gasteiger partial charge >= 0.3 is 0 Å². The smallest absolute Gasteiger partial charge is 0.176 e. The van der Waals surface area contributed by atoms with E-state index in [0.717, 1.165) is 28.5 Å². The van der Waals surface area contributed by atoms with Crippen molar-refractivity contribution in [2.24, 2.45) is 5.10 Å². The first kappa shape index (κ1) is 15.1. The molecule has 1 aliphatic rings. The van der Waals surface area contributed by atoms with Crippen LogP contribution in [0.1, 0.15) is 5.56 Å². The molecule has 1 aliphatic heterocycles. The molecular formula is C20H18N4O. The van der Waals surface area contributed by atoms with Crippen molar-refractivity contribution in [3.8, 4) is 5.75 Å². The van der Waals surface area contributed by atoms with E-state index in [0.29, 0.717) is 0 Å². The number of rotatable bonds is 4. The van der Waals surface area contributed by atoms with E-state index in [2.05, 4.69) is 5.43 Å². The van der Waals surface area contributed by atoms with Crippen LogP contribution in [-0.4, -0.2) is 12.9 Å². The molecule has 0 radical (unpaired) electrons. The van der Waals surface area contributed by atoms with Gasteiger partial charge in [0.05, 0.1) is 18.5 Å². The summed E-state index contributed by atoms with van der Waals surface area (Å²) in [7, 11) is 1.66. The van der Waals surface area contributed by atoms with Crippen molar-refractivity contribution in [1.82, 2.24) is 5.43 Å². The molecule has 0 spiro atoms. The minimum atomic E-state index is 0.792. The summed E-state index contributed by atoms with van der Waals surface area (Å²) in [5, 5.41) is 8.53. The van der Waals surface area contributed by atoms with Crippen LogP contribution in [0, 0.1) is 0 Å². The van der Waals surface area contributed by atoms with Crippen molar-refractivity contribution in [3.63, 3.8) is 0 Å². The van der Waals surface area contributed by atoms with Crippen LogP contribution in [0.25, 0.3) is 0 Å². The van der Waals surface area contributed by atoms with Crippen LogP contribution in [0.5, 0.6) is 5.75 Å². The average Bonchev–Trinajstić information content (AvgIpc) is 3.15. The number of amidine groups is 1. The van der Waals surface area contributed by atoms with E-state index in [1.54, 1.807) is 7.11 Å². The SMILES string of the molecule is COc1ccc(N2N=C(c3ccccc3)NN2c2ccccc2)cc1. The van der Waals surface area contributed by atoms with E-state index in [-0.39, 0.29) is 0 Å². The number of anilines is 2. The molecule has 1 N–H and O–H groups in total. The number of para-hydroxylation sites is 1. The van der Waals surface area contributed by atoms with E-state index in [4.69, 9.17) is 9.84 Å². The predicted molar refractivity (Wildman–Crippen MR) is 101 cm³/mol. The molecule has 1 heterocycles. The number of hydrogen-bond acceptors (Lipinski definition) is 5. The van der Waals surface area contributed by atoms with Gasteiger partial charge in [-0.2, -0.15) is 10.2 Å². The lowest BCUT2D eigenvalue weighted by atomic mass is 10.2. The second kappa shape index (κ2) is 6.57. The fraction of sp³-hybridized carbons (Fsp3) is 0.0500. The molecule has 0 aromatic heterocycles. The van der Waals surface area contributed by atoms with Crippen molar-refractivity contribution in [2.75, 3.05) is 17.3 Å². The van der Waals surface area contributed by atoms with E-state index in [1.807, 2.05) is 95.2 Å². The molecule has 5 nitrogen and oxygen atoms in total. The first-order valence-electron chi connectivity index (χ1n) is 8.05. The Balaban J connectivity index is 1.73. The fourth-order valence-corrected chi connectivity index (χ4v) is 2.66. The van der Waals surface area contributed by atoms with Crippen LogP contribution in [0.2, 0.25) is 0 Å². The maximum Gasteiger partial charge on any atom is 0.176 e. The van der Waals surface area contributed by atoms with Crippen molar-refractivity contribution in [2.45, 2.75) is 0 Å². The van der Waals surface area contributed by atoms with Gasteiger partial charge in [-0.15, -0.1) is 5.10 Å². The van der Waals surface area contributed by atoms with E-state index >= 15 is 0 Å². The second-order valence-electron chi connectivity index (χ2n) is 5.56. The minimum Gasteiger partial charge on any atom is -0.497 e. The van der Waals surface area contributed by atoms with Crippen LogP contribution < -0.4 is 20.4 Å². The van der Waals surface area contributed by atoms with Crippen LogP contribution in [0.3, 0.4) is 0 Å². The fourth-order valence-electron chi connectivity index (χ4n) is 2.66. The highest BCUT2D eigenvalue weighted by Gasteiger charge is 2.26. The van der Waals surface area contributed by atoms with Crippen LogP contribution in [0.4, 0.5) is 11.4 Å². The molecule has 3 aromatic carbocycles. The van der Waals surface area contributed by atoms with Crippen LogP contribution >= 0.6 is 0 Å². The molecule has 4 rings (SSSR count). The largest absolute Gasteiger partial charge is 0.497 e. The van der Waals surface area contributed by atoms with Gasteiger partial charge in [-0.05, 0) is 36.4 Å². The lowest BCUT2D eigenvalue weighted by Gasteiger charge is -2.27. The summed E-state index contributed by atoms with van der Waals surface area (Å²) in [6.45, 7) is 0. The zero-order valence-corrected chi connectivity index (χ0v) is 13.8. The van der Waals surface area contributed by atoms with Gasteiger partial charge in [-0.1, -0.05) is 48.5 Å². The highest BCUT2D eigenvalue weighted by Crippen LogP contribution is 2.27. The number of benzene rings is 3. The third-order valence-electron chi connectivity index (χ3n) is 3.95. The zero-order chi connectivity index (χ0) is 17.1. The van der Waals surface area contributed by atoms with E-state index in [9.17, 15) is 0 Å². The Morgan fingerprint density at radius 1 is 0.760 bits per heavy atom. The highest BCUT2D eigenvalue weighted by atomic mass is 16.5. The molecule has 124 valence electrons. The third kappa shape index (κ3) is 2.99. The summed E-state index contributed by atoms with van der Waals surface area (Å²) < 4.78 is 5.25. The van der Waals surface area contributed by atoms with Gasteiger partial charge in [0, 0.05) is 5.56 Å². The normalized spacial score (nSPS) is 13.4. The monoisotopic (exact) mass is 330 g/mol. The average molecular weight is 330 g/mol. The summed E-state index contributed by atoms with van der Waals surface area (Å²) in [5.41, 5.74) is 6.33. The van der Waals surface area contributed by atoms with Gasteiger partial charge in [0.25, 0.3) is 0 Å². The van der Waals surface area contributed by atoms with Gasteiger partial charge in [-0.3, -0.25) is 5.43 Å². The van der Waals surface area contributed by atoms with Crippen molar-refractivity contribution >= 4 is 17.2 Å². The maximum atomic E-state index is 5.25. The van der Waals surface area contributed by atoms with E-state index < -0.39 is 0 Å². The molecule has 25 heavy (non-hydrogen) atoms. The number of hydrazine groups is 2. The van der Waals surface area contributed by atoms with Crippen molar-refractivity contribution < 1.29 is 4.74 Å². The summed E-state index contributed by atoms with van der Waals surface area (Å²) in [4.78, 5) is 0. The molecule has 0 bridgehead atoms. The Morgan fingerprint density at radius 2 is 1.40 bits per heavy atom. The lowest BCUT2D eigenvalue weighted by Crippen LogP contribution is -2.44. The Hall–Kier alpha value is -3.47. The molecule has 0 saturated carbocycles. The summed E-state index contributed by atoms with van der Waals surface area (Å²) >= 11 is 0. The van der Waals surface area contributed by atoms with Gasteiger partial charge in [0.2, 0.25) is 0 Å². The summed E-state index contributed by atoms with van der Waals surface area (Å²) in [6.07, 6.45) is 0. The van der Waals surface area contributed by atoms with E-state index in [1.165, 1.54) is 0 Å². The molecule has 0 aliphatic carbocycles. The second-order valence-corrected chi connectivity index (χ2v) is 5.56. The van der Waals surface area contributed by atoms with Crippen molar-refractivity contribution in [3.05, 3.63) is 90.5 Å². The topological polar surface area (TPSA) is 40.1 Å². The Bertz CT molecular complexity index is 863. The zero-order valence-electron chi connectivity index (χ0n) is 13.8. The van der Waals surface area contributed by atoms with Crippen LogP contribution in [-0.2, 0) is 0 Å². The molecule has 0 unspecified atom stereocenters. The van der Waals surface area contributed by atoms with Gasteiger partial charge in [0.1, 0.15) is 5.75 Å². The standard InChI is InChI=1S/C20H18N4O/c1-25-19-14-12-18(13-15-19)24-22-20(16-8-4-2-5-9-16)21-23(24)17-10-6-3-7-11-17/h2-15H,1H3,(H,21,22). The lowest BCUT2D eigenvalue weighted by molar-refractivity contribution is 0.415. The molecule has 0 saturated heterocycles. The number of nitrogens with zero attached hydrogens (tertiary/aromatic N) is 3. The Morgan fingerprint density at radius 3 is 2.04 bits per heavy atom. The molecule has 0 amide bonds. The minimum absolute atomic E-state index is 0.792. The molecule has 0 fully saturated rings. The Labute approximate surface area is 146 Å². The van der Waals surface area contributed by atoms with Gasteiger partial charge < -0.3 is 4.74 Å². The number of ether oxygens (including phenoxy) is 1. The molecular weight excluding hydrogens is 312 g/mol. The maximum absolute atomic E-state index is 5.25. The number of hydrazone groups is 1. The van der Waals surface area contributed by atoms with Crippen LogP contribution in [0.15, 0.2) is 90.0 Å². The molecule has 5 heteroatoms. The Kier molecular flexibility index (Phi) is 3.96. The highest BCUT2D eigenvalue weighted by molar-refractivity contribution is 6.02. The first-order chi connectivity index (χ1) is 12.3. The summed E-state index contributed by atoms with van der Waals surface area (Å²) in [5.74, 6) is 1.61. The van der Waals surface area contributed by atoms with Gasteiger partial charge in [0.15, 0.2) is 5.84 Å². The summed E-state index contributed by atoms with van der Waals surface area (Å²) in [6, 6.07) is 28.0. The first-order valence-corrected chi connectivity index (χ1v) is 8.05. The predicted octanol–water partition coefficient (Wildman–Crippen LogP) is 3.80. The number of nitrogens with one attached hydrogen (secondary N) is 1. The number of hydrogen-bond donors (Lipinski definition) is 1. The molecule has 0 atom stereocenters. The third-order valence-corrected chi connectivity index (χ3v) is 3.95. The van der Waals surface area contributed by atoms with Gasteiger partial charge in [-0.25, -0.2) is 0 Å². The number of methoxy groups -OCH3 is 1. The molecule has 3 aromatic rings. The quantitative estimate of drug-likeness (QED) is 0.790. The van der Waals surface area contributed by atoms with Crippen molar-refractivity contribution in [1.29, 1.82) is 0 Å².